The summed E-state index contributed by atoms with van der Waals surface area (Å²) in [6.07, 6.45) is 0. The van der Waals surface area contributed by atoms with Crippen molar-refractivity contribution in [2.75, 3.05) is 0 Å². The van der Waals surface area contributed by atoms with Gasteiger partial charge < -0.3 is 43.0 Å². The fraction of sp³-hybridized carbons (Fsp3) is 0.545. The first kappa shape index (κ1) is 39.8. The van der Waals surface area contributed by atoms with Gasteiger partial charge in [0.1, 0.15) is 35.2 Å². The van der Waals surface area contributed by atoms with Crippen molar-refractivity contribution in [1.82, 2.24) is 0 Å². The Morgan fingerprint density at radius 3 is 0.721 bits per heavy atom. The Bertz CT molecular complexity index is 1170. The molecule has 43 heavy (non-hydrogen) atoms. The van der Waals surface area contributed by atoms with Gasteiger partial charge in [0.15, 0.2) is 17.3 Å². The summed E-state index contributed by atoms with van der Waals surface area (Å²) in [5, 5.41) is 32.3. The van der Waals surface area contributed by atoms with Gasteiger partial charge >= 0.3 is 17.4 Å². The maximum atomic E-state index is 10.8. The van der Waals surface area contributed by atoms with Gasteiger partial charge in [0, 0.05) is 34.4 Å². The zero-order chi connectivity index (χ0) is 32.6. The number of aromatic carboxylic acids is 3. The summed E-state index contributed by atoms with van der Waals surface area (Å²) in [7, 11) is 0. The average Bonchev–Trinajstić information content (AvgIpc) is 3.61. The number of hydrogen-bond acceptors (Lipinski definition) is 9. The number of furan rings is 3. The van der Waals surface area contributed by atoms with E-state index in [2.05, 4.69) is 0 Å². The molecule has 0 spiro atoms. The van der Waals surface area contributed by atoms with E-state index in [-0.39, 0.29) is 70.1 Å². The van der Waals surface area contributed by atoms with Gasteiger partial charge in [-0.1, -0.05) is 83.1 Å². The fourth-order valence-electron chi connectivity index (χ4n) is 3.89. The predicted molar refractivity (Wildman–Crippen MR) is 154 cm³/mol. The van der Waals surface area contributed by atoms with Crippen LogP contribution in [0.2, 0.25) is 0 Å². The zero-order valence-corrected chi connectivity index (χ0v) is 28.6. The second kappa shape index (κ2) is 17.2. The first-order valence-corrected chi connectivity index (χ1v) is 14.3. The quantitative estimate of drug-likeness (QED) is 0.288. The minimum Gasteiger partial charge on any atom is -0.542 e. The first-order chi connectivity index (χ1) is 19.3. The minimum absolute atomic E-state index is 0. The third-order valence-corrected chi connectivity index (χ3v) is 6.47. The van der Waals surface area contributed by atoms with Crippen LogP contribution < -0.4 is 15.3 Å². The van der Waals surface area contributed by atoms with E-state index in [4.69, 9.17) is 13.3 Å². The number of carboxylic acids is 3. The summed E-state index contributed by atoms with van der Waals surface area (Å²) in [5.41, 5.74) is 2.15. The van der Waals surface area contributed by atoms with E-state index in [0.717, 1.165) is 0 Å². The van der Waals surface area contributed by atoms with Crippen LogP contribution in [0.3, 0.4) is 0 Å². The van der Waals surface area contributed by atoms with Crippen molar-refractivity contribution in [3.8, 4) is 0 Å². The molecular weight excluding hydrogens is 592 g/mol. The smallest absolute Gasteiger partial charge is 0.542 e. The molecule has 3 heterocycles. The fourth-order valence-corrected chi connectivity index (χ4v) is 3.89. The number of carbonyl (C=O) groups excluding carboxylic acids is 3. The number of carbonyl (C=O) groups is 3. The molecule has 0 amide bonds. The van der Waals surface area contributed by atoms with E-state index in [1.54, 1.807) is 18.2 Å². The molecule has 0 saturated heterocycles. The zero-order valence-electron chi connectivity index (χ0n) is 27.3. The molecule has 0 aromatic carbocycles. The van der Waals surface area contributed by atoms with Crippen LogP contribution in [0, 0.1) is 0 Å². The van der Waals surface area contributed by atoms with E-state index < -0.39 is 17.9 Å². The maximum Gasteiger partial charge on any atom is 3.00 e. The molecule has 3 aromatic rings. The summed E-state index contributed by atoms with van der Waals surface area (Å²) in [5.74, 6) is -0.675. The SMILES string of the molecule is CC(C)c1cc(C(C)C)c(C(=O)[O-])o1.CC(C)c1cc(C(C)C)c(C(=O)[O-])o1.CC(C)c1cc(C(C)C)c(C(=O)[O-])o1.[Cr+3]. The van der Waals surface area contributed by atoms with Crippen LogP contribution in [0.4, 0.5) is 0 Å². The average molecular weight is 638 g/mol. The number of carboxylic acid groups (broad SMARTS) is 3. The summed E-state index contributed by atoms with van der Waals surface area (Å²) in [6, 6.07) is 5.42. The van der Waals surface area contributed by atoms with E-state index in [0.29, 0.717) is 34.0 Å². The van der Waals surface area contributed by atoms with Gasteiger partial charge in [-0.25, -0.2) is 0 Å². The van der Waals surface area contributed by atoms with Crippen molar-refractivity contribution in [2.24, 2.45) is 0 Å². The molecule has 237 valence electrons. The van der Waals surface area contributed by atoms with Crippen LogP contribution in [0.1, 0.15) is 184 Å². The van der Waals surface area contributed by atoms with Gasteiger partial charge in [-0.05, 0) is 36.0 Å². The molecule has 0 N–H and O–H groups in total. The van der Waals surface area contributed by atoms with Crippen molar-refractivity contribution >= 4 is 17.9 Å². The summed E-state index contributed by atoms with van der Waals surface area (Å²) < 4.78 is 15.7. The molecule has 0 aliphatic carbocycles. The van der Waals surface area contributed by atoms with Crippen LogP contribution >= 0.6 is 0 Å². The van der Waals surface area contributed by atoms with Crippen LogP contribution in [-0.4, -0.2) is 17.9 Å². The van der Waals surface area contributed by atoms with Crippen molar-refractivity contribution in [1.29, 1.82) is 0 Å². The topological polar surface area (TPSA) is 160 Å². The van der Waals surface area contributed by atoms with Gasteiger partial charge in [-0.3, -0.25) is 0 Å². The Morgan fingerprint density at radius 2 is 0.628 bits per heavy atom. The van der Waals surface area contributed by atoms with Crippen LogP contribution in [0.25, 0.3) is 0 Å². The molecule has 1 radical (unpaired) electrons. The van der Waals surface area contributed by atoms with Gasteiger partial charge in [0.2, 0.25) is 0 Å². The van der Waals surface area contributed by atoms with Gasteiger partial charge in [0.25, 0.3) is 0 Å². The van der Waals surface area contributed by atoms with Crippen molar-refractivity contribution in [3.05, 3.63) is 69.5 Å². The normalized spacial score (nSPS) is 11.0. The first-order valence-electron chi connectivity index (χ1n) is 14.3. The Balaban J connectivity index is 0.000000608. The van der Waals surface area contributed by atoms with Crippen molar-refractivity contribution in [2.45, 2.75) is 119 Å². The number of hydrogen-bond donors (Lipinski definition) is 0. The van der Waals surface area contributed by atoms with E-state index in [9.17, 15) is 29.7 Å². The van der Waals surface area contributed by atoms with Crippen molar-refractivity contribution < 1.29 is 60.3 Å². The van der Waals surface area contributed by atoms with Crippen LogP contribution in [0.15, 0.2) is 31.5 Å². The van der Waals surface area contributed by atoms with Gasteiger partial charge in [0.05, 0.1) is 0 Å². The summed E-state index contributed by atoms with van der Waals surface area (Å²) in [4.78, 5) is 32.3. The molecule has 0 fully saturated rings. The monoisotopic (exact) mass is 637 g/mol. The molecular formula is C33H45CrO9. The van der Waals surface area contributed by atoms with E-state index in [1.165, 1.54) is 0 Å². The third-order valence-electron chi connectivity index (χ3n) is 6.47. The Hall–Kier alpha value is -3.22. The Labute approximate surface area is 265 Å². The van der Waals surface area contributed by atoms with E-state index in [1.807, 2.05) is 83.1 Å². The minimum atomic E-state index is -1.24. The molecule has 3 rings (SSSR count). The molecule has 0 aliphatic heterocycles. The molecule has 10 heteroatoms. The predicted octanol–water partition coefficient (Wildman–Crippen LogP) is 5.67. The molecule has 0 bridgehead atoms. The van der Waals surface area contributed by atoms with Crippen molar-refractivity contribution in [3.63, 3.8) is 0 Å². The molecule has 0 saturated carbocycles. The maximum absolute atomic E-state index is 10.8. The molecule has 3 aromatic heterocycles. The Kier molecular flexibility index (Phi) is 15.9. The standard InChI is InChI=1S/3C11H16O3.Cr/c3*1-6(2)8-5-9(7(3)4)14-10(8)11(12)13;/h3*5-7H,1-4H3,(H,12,13);/q;;;+3/p-3. The van der Waals surface area contributed by atoms with Crippen LogP contribution in [-0.2, 0) is 17.4 Å². The molecule has 0 unspecified atom stereocenters. The number of rotatable bonds is 9. The molecule has 9 nitrogen and oxygen atoms in total. The summed E-state index contributed by atoms with van der Waals surface area (Å²) >= 11 is 0. The van der Waals surface area contributed by atoms with Crippen LogP contribution in [0.5, 0.6) is 0 Å². The second-order valence-corrected chi connectivity index (χ2v) is 12.1. The van der Waals surface area contributed by atoms with Gasteiger partial charge in [-0.15, -0.1) is 0 Å². The molecule has 0 aliphatic rings. The Morgan fingerprint density at radius 1 is 0.442 bits per heavy atom. The molecule has 0 atom stereocenters. The summed E-state index contributed by atoms with van der Waals surface area (Å²) in [6.45, 7) is 23.4. The largest absolute Gasteiger partial charge is 3.00 e. The van der Waals surface area contributed by atoms with E-state index >= 15 is 0 Å². The third kappa shape index (κ3) is 11.1. The van der Waals surface area contributed by atoms with Gasteiger partial charge in [-0.2, -0.15) is 0 Å². The second-order valence-electron chi connectivity index (χ2n) is 12.1.